The first-order chi connectivity index (χ1) is 8.50. The highest BCUT2D eigenvalue weighted by molar-refractivity contribution is 7.89. The van der Waals surface area contributed by atoms with E-state index in [-0.39, 0.29) is 23.8 Å². The minimum absolute atomic E-state index is 0.0113. The Balaban J connectivity index is 2.11. The van der Waals surface area contributed by atoms with Gasteiger partial charge in [0.2, 0.25) is 10.0 Å². The summed E-state index contributed by atoms with van der Waals surface area (Å²) < 4.78 is 25.7. The summed E-state index contributed by atoms with van der Waals surface area (Å²) in [5.74, 6) is -1.000. The largest absolute Gasteiger partial charge is 0.481 e. The lowest BCUT2D eigenvalue weighted by Crippen LogP contribution is -2.40. The fraction of sp³-hybridized carbons (Fsp3) is 0.600. The number of hydrogen-bond acceptors (Lipinski definition) is 4. The van der Waals surface area contributed by atoms with Crippen LogP contribution in [-0.2, 0) is 14.8 Å². The number of carbonyl (C=O) groups is 1. The molecular weight excluding hydrogens is 258 g/mol. The van der Waals surface area contributed by atoms with Gasteiger partial charge in [0.1, 0.15) is 4.90 Å². The van der Waals surface area contributed by atoms with Crippen LogP contribution in [0.3, 0.4) is 0 Å². The van der Waals surface area contributed by atoms with Crippen LogP contribution >= 0.6 is 0 Å². The Labute approximate surface area is 105 Å². The van der Waals surface area contributed by atoms with Gasteiger partial charge in [0.15, 0.2) is 0 Å². The van der Waals surface area contributed by atoms with Crippen LogP contribution in [0, 0.1) is 5.92 Å². The van der Waals surface area contributed by atoms with Gasteiger partial charge in [-0.3, -0.25) is 9.89 Å². The number of nitrogens with one attached hydrogen (secondary N) is 1. The van der Waals surface area contributed by atoms with Crippen LogP contribution in [0.25, 0.3) is 0 Å². The number of aromatic nitrogens is 2. The Kier molecular flexibility index (Phi) is 3.67. The number of rotatable bonds is 4. The highest BCUT2D eigenvalue weighted by Gasteiger charge is 2.31. The van der Waals surface area contributed by atoms with E-state index in [1.165, 1.54) is 16.7 Å². The maximum Gasteiger partial charge on any atom is 0.303 e. The third-order valence-electron chi connectivity index (χ3n) is 3.06. The van der Waals surface area contributed by atoms with Gasteiger partial charge >= 0.3 is 5.97 Å². The zero-order valence-electron chi connectivity index (χ0n) is 9.74. The quantitative estimate of drug-likeness (QED) is 0.820. The Bertz CT molecular complexity index is 511. The molecule has 0 radical (unpaired) electrons. The van der Waals surface area contributed by atoms with Crippen molar-refractivity contribution in [1.29, 1.82) is 0 Å². The number of aliphatic carboxylic acids is 1. The number of piperidine rings is 1. The number of nitrogens with zero attached hydrogens (tertiary/aromatic N) is 2. The van der Waals surface area contributed by atoms with Crippen molar-refractivity contribution in [3.05, 3.63) is 12.4 Å². The Hall–Kier alpha value is -1.41. The van der Waals surface area contributed by atoms with E-state index in [9.17, 15) is 13.2 Å². The van der Waals surface area contributed by atoms with Crippen LogP contribution in [0.1, 0.15) is 19.3 Å². The third kappa shape index (κ3) is 2.70. The van der Waals surface area contributed by atoms with Crippen molar-refractivity contribution in [2.24, 2.45) is 5.92 Å². The van der Waals surface area contributed by atoms with Gasteiger partial charge in [-0.2, -0.15) is 9.40 Å². The minimum Gasteiger partial charge on any atom is -0.481 e. The van der Waals surface area contributed by atoms with Crippen LogP contribution in [0.5, 0.6) is 0 Å². The van der Waals surface area contributed by atoms with Crippen molar-refractivity contribution >= 4 is 16.0 Å². The highest BCUT2D eigenvalue weighted by atomic mass is 32.2. The van der Waals surface area contributed by atoms with Gasteiger partial charge in [-0.15, -0.1) is 0 Å². The summed E-state index contributed by atoms with van der Waals surface area (Å²) in [6.07, 6.45) is 4.04. The molecule has 0 bridgehead atoms. The molecule has 8 heteroatoms. The highest BCUT2D eigenvalue weighted by Crippen LogP contribution is 2.24. The predicted molar refractivity (Wildman–Crippen MR) is 62.3 cm³/mol. The van der Waals surface area contributed by atoms with E-state index in [1.54, 1.807) is 0 Å². The van der Waals surface area contributed by atoms with Crippen LogP contribution in [-0.4, -0.2) is 47.1 Å². The van der Waals surface area contributed by atoms with Crippen molar-refractivity contribution in [1.82, 2.24) is 14.5 Å². The van der Waals surface area contributed by atoms with Crippen LogP contribution in [0.4, 0.5) is 0 Å². The lowest BCUT2D eigenvalue weighted by molar-refractivity contribution is -0.138. The summed E-state index contributed by atoms with van der Waals surface area (Å²) in [5, 5.41) is 14.8. The molecule has 0 spiro atoms. The summed E-state index contributed by atoms with van der Waals surface area (Å²) >= 11 is 0. The molecule has 1 aromatic heterocycles. The zero-order valence-corrected chi connectivity index (χ0v) is 10.6. The Morgan fingerprint density at radius 1 is 1.61 bits per heavy atom. The molecule has 1 saturated heterocycles. The molecule has 100 valence electrons. The van der Waals surface area contributed by atoms with E-state index in [0.717, 1.165) is 6.42 Å². The molecule has 1 unspecified atom stereocenters. The Morgan fingerprint density at radius 3 is 3.00 bits per heavy atom. The first-order valence-electron chi connectivity index (χ1n) is 5.71. The van der Waals surface area contributed by atoms with Crippen molar-refractivity contribution < 1.29 is 18.3 Å². The molecule has 0 amide bonds. The second kappa shape index (κ2) is 5.07. The smallest absolute Gasteiger partial charge is 0.303 e. The van der Waals surface area contributed by atoms with Gasteiger partial charge in [-0.1, -0.05) is 0 Å². The lowest BCUT2D eigenvalue weighted by atomic mass is 9.96. The number of aromatic amines is 1. The van der Waals surface area contributed by atoms with Crippen LogP contribution in [0.15, 0.2) is 17.3 Å². The molecule has 7 nitrogen and oxygen atoms in total. The molecule has 0 saturated carbocycles. The van der Waals surface area contributed by atoms with E-state index < -0.39 is 16.0 Å². The van der Waals surface area contributed by atoms with Gasteiger partial charge < -0.3 is 5.11 Å². The number of carboxylic acids is 1. The third-order valence-corrected chi connectivity index (χ3v) is 4.89. The molecule has 1 aliphatic heterocycles. The average molecular weight is 273 g/mol. The second-order valence-electron chi connectivity index (χ2n) is 4.40. The van der Waals surface area contributed by atoms with E-state index in [0.29, 0.717) is 13.0 Å². The predicted octanol–water partition coefficient (Wildman–Crippen LogP) is 0.285. The molecule has 0 aliphatic carbocycles. The first kappa shape index (κ1) is 13.0. The van der Waals surface area contributed by atoms with Crippen molar-refractivity contribution in [3.63, 3.8) is 0 Å². The average Bonchev–Trinajstić information content (AvgIpc) is 2.82. The molecular formula is C10H15N3O4S. The standard InChI is InChI=1S/C10H15N3O4S/c14-10(15)4-8-2-1-3-13(7-8)18(16,17)9-5-11-12-6-9/h5-6,8H,1-4,7H2,(H,11,12)(H,14,15). The summed E-state index contributed by atoms with van der Waals surface area (Å²) in [4.78, 5) is 10.8. The normalized spacial score (nSPS) is 21.9. The molecule has 1 aliphatic rings. The molecule has 0 aromatic carbocycles. The molecule has 18 heavy (non-hydrogen) atoms. The van der Waals surface area contributed by atoms with Crippen molar-refractivity contribution in [3.8, 4) is 0 Å². The van der Waals surface area contributed by atoms with Gasteiger partial charge in [0, 0.05) is 25.7 Å². The minimum atomic E-state index is -3.54. The van der Waals surface area contributed by atoms with Gasteiger partial charge in [0.25, 0.3) is 0 Å². The maximum absolute atomic E-state index is 12.2. The van der Waals surface area contributed by atoms with Crippen LogP contribution in [0.2, 0.25) is 0 Å². The fourth-order valence-electron chi connectivity index (χ4n) is 2.19. The van der Waals surface area contributed by atoms with E-state index >= 15 is 0 Å². The van der Waals surface area contributed by atoms with Gasteiger partial charge in [-0.25, -0.2) is 8.42 Å². The molecule has 1 fully saturated rings. The molecule has 2 N–H and O–H groups in total. The number of H-pyrrole nitrogens is 1. The van der Waals surface area contributed by atoms with Crippen molar-refractivity contribution in [2.45, 2.75) is 24.2 Å². The number of sulfonamides is 1. The number of hydrogen-bond donors (Lipinski definition) is 2. The molecule has 1 atom stereocenters. The maximum atomic E-state index is 12.2. The Morgan fingerprint density at radius 2 is 2.39 bits per heavy atom. The summed E-state index contributed by atoms with van der Waals surface area (Å²) in [5.41, 5.74) is 0. The lowest BCUT2D eigenvalue weighted by Gasteiger charge is -2.30. The molecule has 2 rings (SSSR count). The van der Waals surface area contributed by atoms with E-state index in [4.69, 9.17) is 5.11 Å². The molecule has 1 aromatic rings. The second-order valence-corrected chi connectivity index (χ2v) is 6.34. The van der Waals surface area contributed by atoms with Gasteiger partial charge in [0.05, 0.1) is 6.20 Å². The summed E-state index contributed by atoms with van der Waals surface area (Å²) in [6, 6.07) is 0. The topological polar surface area (TPSA) is 103 Å². The van der Waals surface area contributed by atoms with Crippen molar-refractivity contribution in [2.75, 3.05) is 13.1 Å². The zero-order chi connectivity index (χ0) is 13.2. The summed E-state index contributed by atoms with van der Waals surface area (Å²) in [6.45, 7) is 0.698. The first-order valence-corrected chi connectivity index (χ1v) is 7.15. The fourth-order valence-corrected chi connectivity index (χ4v) is 3.65. The van der Waals surface area contributed by atoms with E-state index in [1.807, 2.05) is 0 Å². The van der Waals surface area contributed by atoms with E-state index in [2.05, 4.69) is 10.2 Å². The molecule has 2 heterocycles. The SMILES string of the molecule is O=C(O)CC1CCCN(S(=O)(=O)c2cn[nH]c2)C1. The van der Waals surface area contributed by atoms with Crippen LogP contribution < -0.4 is 0 Å². The monoisotopic (exact) mass is 273 g/mol. The summed E-state index contributed by atoms with van der Waals surface area (Å²) in [7, 11) is -3.54. The number of carboxylic acid groups (broad SMARTS) is 1. The van der Waals surface area contributed by atoms with Gasteiger partial charge in [-0.05, 0) is 18.8 Å².